The highest BCUT2D eigenvalue weighted by Gasteiger charge is 2.08. The van der Waals surface area contributed by atoms with Crippen LogP contribution in [0.2, 0.25) is 0 Å². The third-order valence-electron chi connectivity index (χ3n) is 7.00. The van der Waals surface area contributed by atoms with Crippen molar-refractivity contribution in [2.45, 2.75) is 168 Å². The summed E-state index contributed by atoms with van der Waals surface area (Å²) in [6.45, 7) is 4.51. The van der Waals surface area contributed by atoms with Crippen LogP contribution in [0.5, 0.6) is 0 Å². The maximum Gasteiger partial charge on any atom is 0.140 e. The zero-order valence-corrected chi connectivity index (χ0v) is 25.4. The molecule has 0 aromatic carbocycles. The number of hydrogen-bond acceptors (Lipinski definition) is 2. The van der Waals surface area contributed by atoms with Crippen LogP contribution in [0.15, 0.2) is 48.6 Å². The van der Waals surface area contributed by atoms with E-state index in [9.17, 15) is 9.59 Å². The molecule has 0 bridgehead atoms. The first kappa shape index (κ1) is 36.3. The molecule has 0 atom stereocenters. The van der Waals surface area contributed by atoms with Gasteiger partial charge in [0.1, 0.15) is 11.6 Å². The lowest BCUT2D eigenvalue weighted by Crippen LogP contribution is -2.07. The van der Waals surface area contributed by atoms with Crippen LogP contribution in [0.25, 0.3) is 0 Å². The lowest BCUT2D eigenvalue weighted by atomic mass is 10.0. The monoisotopic (exact) mass is 526 g/mol. The molecule has 0 heterocycles. The first-order valence-electron chi connectivity index (χ1n) is 16.3. The van der Waals surface area contributed by atoms with Crippen LogP contribution < -0.4 is 0 Å². The van der Waals surface area contributed by atoms with Gasteiger partial charge in [0.15, 0.2) is 0 Å². The molecule has 38 heavy (non-hydrogen) atoms. The zero-order chi connectivity index (χ0) is 27.8. The van der Waals surface area contributed by atoms with Crippen LogP contribution in [0.3, 0.4) is 0 Å². The Labute approximate surface area is 237 Å². The van der Waals surface area contributed by atoms with Crippen molar-refractivity contribution in [2.24, 2.45) is 0 Å². The minimum absolute atomic E-state index is 0.0921. The van der Waals surface area contributed by atoms with Gasteiger partial charge in [-0.15, -0.1) is 0 Å². The summed E-state index contributed by atoms with van der Waals surface area (Å²) in [7, 11) is 0. The first-order valence-corrected chi connectivity index (χ1v) is 16.3. The molecule has 0 amide bonds. The Kier molecular flexibility index (Phi) is 30.1. The molecule has 0 N–H and O–H groups in total. The number of carbonyl (C=O) groups is 2. The van der Waals surface area contributed by atoms with E-state index in [-0.39, 0.29) is 18.0 Å². The molecule has 0 aliphatic rings. The molecule has 0 saturated carbocycles. The van der Waals surface area contributed by atoms with Crippen molar-refractivity contribution in [3.05, 3.63) is 48.6 Å². The van der Waals surface area contributed by atoms with Crippen molar-refractivity contribution in [1.29, 1.82) is 0 Å². The highest BCUT2D eigenvalue weighted by atomic mass is 16.1. The smallest absolute Gasteiger partial charge is 0.140 e. The maximum atomic E-state index is 12.1. The Morgan fingerprint density at radius 2 is 0.763 bits per heavy atom. The van der Waals surface area contributed by atoms with Gasteiger partial charge in [-0.3, -0.25) is 9.59 Å². The predicted octanol–water partition coefficient (Wildman–Crippen LogP) is 11.8. The largest absolute Gasteiger partial charge is 0.299 e. The normalized spacial score (nSPS) is 12.2. The molecule has 0 aliphatic heterocycles. The molecule has 0 spiro atoms. The lowest BCUT2D eigenvalue weighted by Gasteiger charge is -2.03. The number of hydrogen-bond donors (Lipinski definition) is 0. The fourth-order valence-corrected chi connectivity index (χ4v) is 4.54. The van der Waals surface area contributed by atoms with Gasteiger partial charge in [0.25, 0.3) is 0 Å². The summed E-state index contributed by atoms with van der Waals surface area (Å²) in [5.74, 6) is 0.222. The van der Waals surface area contributed by atoms with Gasteiger partial charge in [-0.1, -0.05) is 152 Å². The first-order chi connectivity index (χ1) is 18.7. The average Bonchev–Trinajstić information content (AvgIpc) is 2.91. The summed E-state index contributed by atoms with van der Waals surface area (Å²) in [6.07, 6.45) is 44.5. The Bertz CT molecular complexity index is 638. The average molecular weight is 527 g/mol. The molecule has 0 aromatic heterocycles. The summed E-state index contributed by atoms with van der Waals surface area (Å²) in [5, 5.41) is 0. The molecule has 0 radical (unpaired) electrons. The van der Waals surface area contributed by atoms with Gasteiger partial charge in [-0.05, 0) is 44.9 Å². The summed E-state index contributed by atoms with van der Waals surface area (Å²) >= 11 is 0. The maximum absolute atomic E-state index is 12.1. The second-order valence-electron chi connectivity index (χ2n) is 10.9. The molecule has 0 fully saturated rings. The minimum atomic E-state index is 0.0921. The van der Waals surface area contributed by atoms with Crippen molar-refractivity contribution in [3.63, 3.8) is 0 Å². The van der Waals surface area contributed by atoms with Crippen LogP contribution in [-0.2, 0) is 9.59 Å². The van der Waals surface area contributed by atoms with Crippen molar-refractivity contribution in [1.82, 2.24) is 0 Å². The van der Waals surface area contributed by atoms with E-state index < -0.39 is 0 Å². The summed E-state index contributed by atoms with van der Waals surface area (Å²) in [5.41, 5.74) is 0. The number of carbonyl (C=O) groups excluding carboxylic acids is 2. The molecule has 0 saturated heterocycles. The van der Waals surface area contributed by atoms with Gasteiger partial charge in [0, 0.05) is 12.8 Å². The Morgan fingerprint density at radius 3 is 1.26 bits per heavy atom. The van der Waals surface area contributed by atoms with Gasteiger partial charge in [-0.25, -0.2) is 0 Å². The van der Waals surface area contributed by atoms with E-state index in [0.29, 0.717) is 12.8 Å². The number of unbranched alkanes of at least 4 members (excludes halogenated alkanes) is 15. The van der Waals surface area contributed by atoms with Gasteiger partial charge in [-0.2, -0.15) is 0 Å². The van der Waals surface area contributed by atoms with E-state index in [0.717, 1.165) is 38.5 Å². The molecule has 2 nitrogen and oxygen atoms in total. The molecule has 0 unspecified atom stereocenters. The summed E-state index contributed by atoms with van der Waals surface area (Å²) in [4.78, 5) is 24.1. The molecule has 2 heteroatoms. The van der Waals surface area contributed by atoms with Gasteiger partial charge < -0.3 is 0 Å². The standard InChI is InChI=1S/C36H62O2/c1-3-5-7-9-11-13-15-17-18-19-21-23-25-27-29-31-33-36(38)34-35(37)32-30-28-26-24-22-20-16-14-12-10-8-6-4-2/h11,13,17-18,21,23,27,29H,3-10,12,14-16,19-20,22,24-26,28,30-34H2,1-2H3/b13-11-,18-17-,23-21-,29-27-. The van der Waals surface area contributed by atoms with Crippen molar-refractivity contribution in [2.75, 3.05) is 0 Å². The van der Waals surface area contributed by atoms with Crippen molar-refractivity contribution < 1.29 is 9.59 Å². The highest BCUT2D eigenvalue weighted by Crippen LogP contribution is 2.13. The Balaban J connectivity index is 3.51. The van der Waals surface area contributed by atoms with Crippen molar-refractivity contribution >= 4 is 11.6 Å². The van der Waals surface area contributed by atoms with E-state index >= 15 is 0 Å². The van der Waals surface area contributed by atoms with Crippen LogP contribution in [0.4, 0.5) is 0 Å². The summed E-state index contributed by atoms with van der Waals surface area (Å²) < 4.78 is 0. The third-order valence-corrected chi connectivity index (χ3v) is 7.00. The fraction of sp³-hybridized carbons (Fsp3) is 0.722. The fourth-order valence-electron chi connectivity index (χ4n) is 4.54. The number of Topliss-reactive ketones (excluding diaryl/α,β-unsaturated/α-hetero) is 2. The number of rotatable bonds is 29. The second kappa shape index (κ2) is 31.5. The molecular formula is C36H62O2. The minimum Gasteiger partial charge on any atom is -0.299 e. The lowest BCUT2D eigenvalue weighted by molar-refractivity contribution is -0.127. The number of allylic oxidation sites excluding steroid dienone is 8. The zero-order valence-electron chi connectivity index (χ0n) is 25.4. The highest BCUT2D eigenvalue weighted by molar-refractivity contribution is 5.99. The predicted molar refractivity (Wildman–Crippen MR) is 169 cm³/mol. The third kappa shape index (κ3) is 30.5. The van der Waals surface area contributed by atoms with Crippen LogP contribution in [0, 0.1) is 0 Å². The SMILES string of the molecule is CCCCC/C=C\C/C=C\C/C=C\C/C=C\CCC(=O)CC(=O)CCCCCCCCCCCCCCC. The van der Waals surface area contributed by atoms with E-state index in [1.807, 2.05) is 0 Å². The van der Waals surface area contributed by atoms with Crippen LogP contribution >= 0.6 is 0 Å². The molecular weight excluding hydrogens is 464 g/mol. The molecule has 0 rings (SSSR count). The second-order valence-corrected chi connectivity index (χ2v) is 10.9. The van der Waals surface area contributed by atoms with Gasteiger partial charge in [0.2, 0.25) is 0 Å². The van der Waals surface area contributed by atoms with Crippen molar-refractivity contribution in [3.8, 4) is 0 Å². The molecule has 0 aromatic rings. The van der Waals surface area contributed by atoms with E-state index in [4.69, 9.17) is 0 Å². The van der Waals surface area contributed by atoms with Crippen LogP contribution in [0.1, 0.15) is 168 Å². The summed E-state index contributed by atoms with van der Waals surface area (Å²) in [6, 6.07) is 0. The topological polar surface area (TPSA) is 34.1 Å². The quantitative estimate of drug-likeness (QED) is 0.0551. The van der Waals surface area contributed by atoms with Crippen LogP contribution in [-0.4, -0.2) is 11.6 Å². The van der Waals surface area contributed by atoms with Gasteiger partial charge >= 0.3 is 0 Å². The Hall–Kier alpha value is -1.70. The molecule has 218 valence electrons. The van der Waals surface area contributed by atoms with E-state index in [2.05, 4.69) is 62.5 Å². The van der Waals surface area contributed by atoms with Gasteiger partial charge in [0.05, 0.1) is 6.42 Å². The van der Waals surface area contributed by atoms with E-state index in [1.54, 1.807) is 0 Å². The molecule has 0 aliphatic carbocycles. The van der Waals surface area contributed by atoms with E-state index in [1.165, 1.54) is 96.3 Å². The Morgan fingerprint density at radius 1 is 0.395 bits per heavy atom. The number of ketones is 2.